The molecule has 3 rings (SSSR count). The smallest absolute Gasteiger partial charge is 0.203 e. The largest absolute Gasteiger partial charge is 0.493 e. The summed E-state index contributed by atoms with van der Waals surface area (Å²) in [6.07, 6.45) is 4.60. The van der Waals surface area contributed by atoms with Crippen molar-refractivity contribution >= 4 is 5.96 Å². The van der Waals surface area contributed by atoms with Crippen LogP contribution in [-0.4, -0.2) is 49.1 Å². The summed E-state index contributed by atoms with van der Waals surface area (Å²) >= 11 is 0. The highest BCUT2D eigenvalue weighted by Gasteiger charge is 2.15. The maximum absolute atomic E-state index is 5.42. The van der Waals surface area contributed by atoms with Crippen LogP contribution in [0.3, 0.4) is 0 Å². The molecule has 0 bridgehead atoms. The molecule has 0 unspecified atom stereocenters. The van der Waals surface area contributed by atoms with Crippen LogP contribution in [0.4, 0.5) is 0 Å². The molecule has 0 amide bonds. The number of rotatable bonds is 7. The molecule has 1 aliphatic heterocycles. The summed E-state index contributed by atoms with van der Waals surface area (Å²) in [6, 6.07) is 3.83. The summed E-state index contributed by atoms with van der Waals surface area (Å²) in [6.45, 7) is 2.10. The van der Waals surface area contributed by atoms with Crippen LogP contribution < -0.4 is 24.8 Å². The Bertz CT molecular complexity index is 824. The van der Waals surface area contributed by atoms with Crippen molar-refractivity contribution < 1.29 is 14.2 Å². The summed E-state index contributed by atoms with van der Waals surface area (Å²) < 4.78 is 18.4. The lowest BCUT2D eigenvalue weighted by atomic mass is 10.2. The van der Waals surface area contributed by atoms with Gasteiger partial charge in [-0.3, -0.25) is 4.99 Å². The third kappa shape index (κ3) is 4.90. The molecule has 1 aromatic heterocycles. The second-order valence-corrected chi connectivity index (χ2v) is 6.81. The van der Waals surface area contributed by atoms with Gasteiger partial charge in [0.2, 0.25) is 5.75 Å². The maximum atomic E-state index is 5.42. The van der Waals surface area contributed by atoms with Crippen molar-refractivity contribution in [2.45, 2.75) is 45.3 Å². The summed E-state index contributed by atoms with van der Waals surface area (Å²) in [5.41, 5.74) is 0.985. The quantitative estimate of drug-likeness (QED) is 0.539. The third-order valence-corrected chi connectivity index (χ3v) is 5.01. The average molecular weight is 402 g/mol. The predicted octanol–water partition coefficient (Wildman–Crippen LogP) is 1.90. The Kier molecular flexibility index (Phi) is 7.15. The van der Waals surface area contributed by atoms with Crippen LogP contribution in [-0.2, 0) is 26.1 Å². The number of aryl methyl sites for hydroxylation is 1. The zero-order valence-electron chi connectivity index (χ0n) is 17.6. The van der Waals surface area contributed by atoms with Crippen LogP contribution >= 0.6 is 0 Å². The van der Waals surface area contributed by atoms with Crippen molar-refractivity contribution in [3.05, 3.63) is 29.3 Å². The molecule has 158 valence electrons. The summed E-state index contributed by atoms with van der Waals surface area (Å²) in [5, 5.41) is 15.3. The Morgan fingerprint density at radius 1 is 1.00 bits per heavy atom. The van der Waals surface area contributed by atoms with Gasteiger partial charge in [-0.15, -0.1) is 10.2 Å². The minimum Gasteiger partial charge on any atom is -0.493 e. The number of methoxy groups -OCH3 is 3. The maximum Gasteiger partial charge on any atom is 0.203 e. The first-order chi connectivity index (χ1) is 14.2. The number of guanidine groups is 1. The number of hydrogen-bond acceptors (Lipinski definition) is 6. The minimum absolute atomic E-state index is 0.550. The molecular formula is C20H30N6O3. The molecule has 1 aliphatic rings. The van der Waals surface area contributed by atoms with Crippen LogP contribution in [0.25, 0.3) is 0 Å². The molecule has 9 heteroatoms. The lowest BCUT2D eigenvalue weighted by Gasteiger charge is -2.16. The molecule has 2 aromatic rings. The normalized spacial score (nSPS) is 14.0. The highest BCUT2D eigenvalue weighted by atomic mass is 16.5. The van der Waals surface area contributed by atoms with Crippen molar-refractivity contribution in [1.29, 1.82) is 0 Å². The van der Waals surface area contributed by atoms with Crippen LogP contribution in [0.2, 0.25) is 0 Å². The van der Waals surface area contributed by atoms with E-state index in [-0.39, 0.29) is 0 Å². The fourth-order valence-electron chi connectivity index (χ4n) is 3.48. The summed E-state index contributed by atoms with van der Waals surface area (Å²) in [4.78, 5) is 4.30. The molecule has 29 heavy (non-hydrogen) atoms. The van der Waals surface area contributed by atoms with Gasteiger partial charge in [-0.05, 0) is 30.5 Å². The summed E-state index contributed by atoms with van der Waals surface area (Å²) in [7, 11) is 6.55. The number of nitrogens with zero attached hydrogens (tertiary/aromatic N) is 4. The first-order valence-electron chi connectivity index (χ1n) is 9.84. The van der Waals surface area contributed by atoms with Gasteiger partial charge in [-0.25, -0.2) is 0 Å². The van der Waals surface area contributed by atoms with Gasteiger partial charge < -0.3 is 29.4 Å². The van der Waals surface area contributed by atoms with Gasteiger partial charge in [0.15, 0.2) is 23.3 Å². The van der Waals surface area contributed by atoms with E-state index in [9.17, 15) is 0 Å². The fourth-order valence-corrected chi connectivity index (χ4v) is 3.48. The predicted molar refractivity (Wildman–Crippen MR) is 111 cm³/mol. The molecule has 0 fully saturated rings. The number of ether oxygens (including phenoxy) is 3. The third-order valence-electron chi connectivity index (χ3n) is 5.01. The molecule has 0 saturated carbocycles. The lowest BCUT2D eigenvalue weighted by molar-refractivity contribution is 0.323. The Morgan fingerprint density at radius 2 is 1.72 bits per heavy atom. The fraction of sp³-hybridized carbons (Fsp3) is 0.550. The second kappa shape index (κ2) is 9.99. The first kappa shape index (κ1) is 20.8. The monoisotopic (exact) mass is 402 g/mol. The number of aromatic nitrogens is 3. The van der Waals surface area contributed by atoms with Gasteiger partial charge in [-0.2, -0.15) is 0 Å². The number of aliphatic imine (C=N–C) groups is 1. The molecule has 2 heterocycles. The highest BCUT2D eigenvalue weighted by Crippen LogP contribution is 2.38. The van der Waals surface area contributed by atoms with Crippen LogP contribution in [0.5, 0.6) is 17.2 Å². The zero-order valence-corrected chi connectivity index (χ0v) is 17.6. The number of fused-ring (bicyclic) bond motifs is 1. The van der Waals surface area contributed by atoms with Crippen molar-refractivity contribution in [3.63, 3.8) is 0 Å². The van der Waals surface area contributed by atoms with Gasteiger partial charge in [0, 0.05) is 26.6 Å². The number of benzene rings is 1. The Labute approximate surface area is 171 Å². The molecule has 0 aliphatic carbocycles. The number of hydrogen-bond donors (Lipinski definition) is 2. The van der Waals surface area contributed by atoms with Crippen LogP contribution in [0.1, 0.15) is 36.5 Å². The SMILES string of the molecule is CN=C(NCc1cc(OC)c(OC)c(OC)c1)NCc1nnc2n1CCCCC2. The zero-order chi connectivity index (χ0) is 20.6. The molecule has 0 atom stereocenters. The van der Waals surface area contributed by atoms with Crippen molar-refractivity contribution in [3.8, 4) is 17.2 Å². The van der Waals surface area contributed by atoms with E-state index in [1.54, 1.807) is 28.4 Å². The van der Waals surface area contributed by atoms with Crippen LogP contribution in [0.15, 0.2) is 17.1 Å². The Morgan fingerprint density at radius 3 is 2.38 bits per heavy atom. The van der Waals surface area contributed by atoms with E-state index in [0.29, 0.717) is 36.3 Å². The van der Waals surface area contributed by atoms with E-state index in [4.69, 9.17) is 14.2 Å². The molecule has 2 N–H and O–H groups in total. The van der Waals surface area contributed by atoms with Gasteiger partial charge in [0.25, 0.3) is 0 Å². The topological polar surface area (TPSA) is 94.8 Å². The highest BCUT2D eigenvalue weighted by molar-refractivity contribution is 5.79. The standard InChI is InChI=1S/C20H30N6O3/c1-21-20(23-13-18-25-24-17-8-6-5-7-9-26(17)18)22-12-14-10-15(27-2)19(29-4)16(11-14)28-3/h10-11H,5-9,12-13H2,1-4H3,(H2,21,22,23). The van der Waals surface area contributed by atoms with E-state index in [0.717, 1.165) is 30.2 Å². The molecular weight excluding hydrogens is 372 g/mol. The van der Waals surface area contributed by atoms with Gasteiger partial charge >= 0.3 is 0 Å². The Balaban J connectivity index is 1.62. The molecule has 0 saturated heterocycles. The van der Waals surface area contributed by atoms with E-state index >= 15 is 0 Å². The number of nitrogens with one attached hydrogen (secondary N) is 2. The van der Waals surface area contributed by atoms with Crippen molar-refractivity contribution in [1.82, 2.24) is 25.4 Å². The molecule has 1 aromatic carbocycles. The molecule has 0 radical (unpaired) electrons. The first-order valence-corrected chi connectivity index (χ1v) is 9.84. The van der Waals surface area contributed by atoms with Gasteiger partial charge in [0.1, 0.15) is 5.82 Å². The minimum atomic E-state index is 0.550. The average Bonchev–Trinajstić information content (AvgIpc) is 2.98. The van der Waals surface area contributed by atoms with Crippen LogP contribution in [0, 0.1) is 0 Å². The van der Waals surface area contributed by atoms with Gasteiger partial charge in [0.05, 0.1) is 27.9 Å². The Hall–Kier alpha value is -2.97. The van der Waals surface area contributed by atoms with Crippen molar-refractivity contribution in [2.75, 3.05) is 28.4 Å². The van der Waals surface area contributed by atoms with E-state index < -0.39 is 0 Å². The van der Waals surface area contributed by atoms with Crippen molar-refractivity contribution in [2.24, 2.45) is 4.99 Å². The van der Waals surface area contributed by atoms with E-state index in [2.05, 4.69) is 30.4 Å². The lowest BCUT2D eigenvalue weighted by Crippen LogP contribution is -2.37. The molecule has 0 spiro atoms. The molecule has 9 nitrogen and oxygen atoms in total. The van der Waals surface area contributed by atoms with Gasteiger partial charge in [-0.1, -0.05) is 6.42 Å². The second-order valence-electron chi connectivity index (χ2n) is 6.81. The van der Waals surface area contributed by atoms with E-state index in [1.165, 1.54) is 19.3 Å². The van der Waals surface area contributed by atoms with E-state index in [1.807, 2.05) is 12.1 Å². The summed E-state index contributed by atoms with van der Waals surface area (Å²) in [5.74, 6) is 4.53.